The lowest BCUT2D eigenvalue weighted by Crippen LogP contribution is -2.34. The summed E-state index contributed by atoms with van der Waals surface area (Å²) < 4.78 is 18.3. The molecule has 1 aliphatic heterocycles. The van der Waals surface area contributed by atoms with Crippen molar-refractivity contribution in [1.82, 2.24) is 10.6 Å². The molecule has 0 saturated heterocycles. The van der Waals surface area contributed by atoms with Crippen LogP contribution in [0.3, 0.4) is 0 Å². The number of fused-ring (bicyclic) bond motifs is 1. The molecule has 6 nitrogen and oxygen atoms in total. The molecule has 7 heteroatoms. The van der Waals surface area contributed by atoms with E-state index in [9.17, 15) is 19.1 Å². The fraction of sp³-hybridized carbons (Fsp3) is 0.444. The molecule has 1 heterocycles. The summed E-state index contributed by atoms with van der Waals surface area (Å²) in [5.41, 5.74) is 1.15. The molecule has 1 unspecified atom stereocenters. The van der Waals surface area contributed by atoms with Crippen molar-refractivity contribution < 1.29 is 23.8 Å². The van der Waals surface area contributed by atoms with E-state index < -0.39 is 17.8 Å². The van der Waals surface area contributed by atoms with Gasteiger partial charge in [0.15, 0.2) is 0 Å². The van der Waals surface area contributed by atoms with E-state index in [0.717, 1.165) is 5.56 Å². The third-order valence-electron chi connectivity index (χ3n) is 3.70. The van der Waals surface area contributed by atoms with Crippen LogP contribution in [0.1, 0.15) is 48.4 Å². The Labute approximate surface area is 146 Å². The minimum absolute atomic E-state index is 0.00827. The number of aliphatic hydroxyl groups is 1. The number of benzene rings is 1. The largest absolute Gasteiger partial charge is 0.444 e. The molecule has 1 aliphatic rings. The summed E-state index contributed by atoms with van der Waals surface area (Å²) in [6.07, 6.45) is -1.00. The Morgan fingerprint density at radius 3 is 2.84 bits per heavy atom. The molecular weight excluding hydrogens is 327 g/mol. The number of nitrogens with one attached hydrogen (secondary N) is 2. The molecule has 0 aliphatic carbocycles. The number of amides is 2. The first-order chi connectivity index (χ1) is 11.7. The van der Waals surface area contributed by atoms with E-state index in [2.05, 4.69) is 10.6 Å². The monoisotopic (exact) mass is 350 g/mol. The van der Waals surface area contributed by atoms with Gasteiger partial charge in [-0.3, -0.25) is 4.79 Å². The number of aliphatic hydroxyl groups excluding tert-OH is 1. The molecule has 0 saturated carbocycles. The van der Waals surface area contributed by atoms with Crippen LogP contribution in [0.5, 0.6) is 0 Å². The molecular formula is C18H23FN2O4. The molecule has 0 spiro atoms. The summed E-state index contributed by atoms with van der Waals surface area (Å²) >= 11 is 0. The minimum Gasteiger partial charge on any atom is -0.444 e. The predicted octanol–water partition coefficient (Wildman–Crippen LogP) is 2.38. The van der Waals surface area contributed by atoms with Crippen molar-refractivity contribution in [3.63, 3.8) is 0 Å². The highest BCUT2D eigenvalue weighted by molar-refractivity contribution is 5.96. The van der Waals surface area contributed by atoms with Crippen LogP contribution >= 0.6 is 0 Å². The number of halogens is 1. The van der Waals surface area contributed by atoms with Crippen LogP contribution in [0.15, 0.2) is 30.1 Å². The van der Waals surface area contributed by atoms with Gasteiger partial charge in [-0.2, -0.15) is 0 Å². The van der Waals surface area contributed by atoms with Crippen LogP contribution in [0.25, 0.3) is 0 Å². The first kappa shape index (κ1) is 18.9. The second-order valence-corrected chi connectivity index (χ2v) is 6.86. The maximum absolute atomic E-state index is 13.2. The molecule has 0 bridgehead atoms. The Bertz CT molecular complexity index is 695. The van der Waals surface area contributed by atoms with Gasteiger partial charge < -0.3 is 20.5 Å². The van der Waals surface area contributed by atoms with E-state index in [4.69, 9.17) is 4.74 Å². The number of rotatable bonds is 4. The highest BCUT2D eigenvalue weighted by Gasteiger charge is 2.21. The summed E-state index contributed by atoms with van der Waals surface area (Å²) in [5, 5.41) is 15.5. The van der Waals surface area contributed by atoms with Crippen molar-refractivity contribution in [3.05, 3.63) is 46.8 Å². The summed E-state index contributed by atoms with van der Waals surface area (Å²) in [5.74, 6) is -0.157. The van der Waals surface area contributed by atoms with Crippen molar-refractivity contribution in [3.8, 4) is 0 Å². The maximum atomic E-state index is 13.2. The molecule has 0 radical (unpaired) electrons. The topological polar surface area (TPSA) is 87.7 Å². The molecule has 136 valence electrons. The molecule has 1 aromatic rings. The van der Waals surface area contributed by atoms with Gasteiger partial charge in [-0.1, -0.05) is 12.1 Å². The summed E-state index contributed by atoms with van der Waals surface area (Å²) in [7, 11) is 0. The van der Waals surface area contributed by atoms with Crippen LogP contribution in [0.2, 0.25) is 0 Å². The molecule has 2 rings (SSSR count). The first-order valence-corrected chi connectivity index (χ1v) is 8.06. The number of hydrogen-bond acceptors (Lipinski definition) is 4. The number of hydrogen-bond donors (Lipinski definition) is 3. The van der Waals surface area contributed by atoms with E-state index >= 15 is 0 Å². The SMILES string of the molecule is CC(C)(C)OC(=O)NC/C(=C/F)C(O)c1ccc2c(c1)CCNC2=O. The van der Waals surface area contributed by atoms with Crippen LogP contribution in [0, 0.1) is 0 Å². The quantitative estimate of drug-likeness (QED) is 0.778. The molecule has 1 aromatic carbocycles. The summed E-state index contributed by atoms with van der Waals surface area (Å²) in [6, 6.07) is 4.88. The highest BCUT2D eigenvalue weighted by atomic mass is 19.1. The molecule has 2 amide bonds. The zero-order valence-electron chi connectivity index (χ0n) is 14.6. The van der Waals surface area contributed by atoms with Crippen molar-refractivity contribution in [2.75, 3.05) is 13.1 Å². The van der Waals surface area contributed by atoms with Crippen LogP contribution < -0.4 is 10.6 Å². The normalized spacial score (nSPS) is 15.9. The third kappa shape index (κ3) is 5.03. The average molecular weight is 350 g/mol. The summed E-state index contributed by atoms with van der Waals surface area (Å²) in [4.78, 5) is 23.4. The van der Waals surface area contributed by atoms with Crippen LogP contribution in [-0.2, 0) is 11.2 Å². The predicted molar refractivity (Wildman–Crippen MR) is 90.9 cm³/mol. The number of ether oxygens (including phenoxy) is 1. The Morgan fingerprint density at radius 1 is 1.48 bits per heavy atom. The number of carbonyl (C=O) groups excluding carboxylic acids is 2. The fourth-order valence-corrected chi connectivity index (χ4v) is 2.52. The van der Waals surface area contributed by atoms with E-state index in [-0.39, 0.29) is 24.4 Å². The zero-order chi connectivity index (χ0) is 18.6. The second-order valence-electron chi connectivity index (χ2n) is 6.86. The van der Waals surface area contributed by atoms with Gasteiger partial charge in [0.1, 0.15) is 11.7 Å². The summed E-state index contributed by atoms with van der Waals surface area (Å²) in [6.45, 7) is 5.49. The Hall–Kier alpha value is -2.41. The second kappa shape index (κ2) is 7.65. The van der Waals surface area contributed by atoms with E-state index in [1.807, 2.05) is 0 Å². The van der Waals surface area contributed by atoms with Crippen molar-refractivity contribution in [2.45, 2.75) is 38.9 Å². The van der Waals surface area contributed by atoms with E-state index in [1.54, 1.807) is 39.0 Å². The lowest BCUT2D eigenvalue weighted by molar-refractivity contribution is 0.0529. The Morgan fingerprint density at radius 2 is 2.20 bits per heavy atom. The van der Waals surface area contributed by atoms with Gasteiger partial charge in [0.2, 0.25) is 0 Å². The Balaban J connectivity index is 2.06. The van der Waals surface area contributed by atoms with Gasteiger partial charge in [-0.05, 0) is 44.4 Å². The number of alkyl carbamates (subject to hydrolysis) is 1. The van der Waals surface area contributed by atoms with Gasteiger partial charge >= 0.3 is 6.09 Å². The van der Waals surface area contributed by atoms with Crippen molar-refractivity contribution in [1.29, 1.82) is 0 Å². The smallest absolute Gasteiger partial charge is 0.407 e. The minimum atomic E-state index is -1.23. The van der Waals surface area contributed by atoms with Crippen molar-refractivity contribution >= 4 is 12.0 Å². The van der Waals surface area contributed by atoms with Gasteiger partial charge in [0, 0.05) is 24.2 Å². The molecule has 1 atom stereocenters. The van der Waals surface area contributed by atoms with Gasteiger partial charge in [0.05, 0.1) is 6.33 Å². The zero-order valence-corrected chi connectivity index (χ0v) is 14.6. The lowest BCUT2D eigenvalue weighted by atomic mass is 9.94. The van der Waals surface area contributed by atoms with E-state index in [0.29, 0.717) is 24.1 Å². The molecule has 25 heavy (non-hydrogen) atoms. The highest BCUT2D eigenvalue weighted by Crippen LogP contribution is 2.25. The lowest BCUT2D eigenvalue weighted by Gasteiger charge is -2.22. The first-order valence-electron chi connectivity index (χ1n) is 8.06. The maximum Gasteiger partial charge on any atom is 0.407 e. The molecule has 0 aromatic heterocycles. The molecule has 0 fully saturated rings. The van der Waals surface area contributed by atoms with Gasteiger partial charge in [-0.25, -0.2) is 9.18 Å². The fourth-order valence-electron chi connectivity index (χ4n) is 2.52. The van der Waals surface area contributed by atoms with Gasteiger partial charge in [-0.15, -0.1) is 0 Å². The average Bonchev–Trinajstić information content (AvgIpc) is 2.53. The van der Waals surface area contributed by atoms with E-state index in [1.165, 1.54) is 0 Å². The third-order valence-corrected chi connectivity index (χ3v) is 3.70. The molecule has 3 N–H and O–H groups in total. The van der Waals surface area contributed by atoms with Crippen molar-refractivity contribution in [2.24, 2.45) is 0 Å². The number of carbonyl (C=O) groups is 2. The van der Waals surface area contributed by atoms with Crippen LogP contribution in [0.4, 0.5) is 9.18 Å². The van der Waals surface area contributed by atoms with Crippen LogP contribution in [-0.4, -0.2) is 35.8 Å². The van der Waals surface area contributed by atoms with Gasteiger partial charge in [0.25, 0.3) is 5.91 Å². The Kier molecular flexibility index (Phi) is 5.79. The standard InChI is InChI=1S/C18H23FN2O4/c1-18(2,3)25-17(24)21-10-13(9-19)15(22)12-4-5-14-11(8-12)6-7-20-16(14)23/h4-5,8-9,15,22H,6-7,10H2,1-3H3,(H,20,23)(H,21,24)/b13-9-.